The normalized spacial score (nSPS) is 10.5. The minimum absolute atomic E-state index is 0.155. The number of rotatable bonds is 7. The van der Waals surface area contributed by atoms with Gasteiger partial charge in [-0.05, 0) is 30.3 Å². The molecule has 0 spiro atoms. The fraction of sp³-hybridized carbons (Fsp3) is 0.222. The van der Waals surface area contributed by atoms with Crippen LogP contribution in [0.15, 0.2) is 47.1 Å². The van der Waals surface area contributed by atoms with Gasteiger partial charge in [-0.15, -0.1) is 0 Å². The molecular formula is C18H17FN4O3. The van der Waals surface area contributed by atoms with E-state index in [1.807, 2.05) is 6.07 Å². The van der Waals surface area contributed by atoms with Gasteiger partial charge in [0, 0.05) is 36.7 Å². The second-order valence-corrected chi connectivity index (χ2v) is 5.47. The maximum atomic E-state index is 12.9. The third kappa shape index (κ3) is 4.41. The number of nitrogens with zero attached hydrogens (tertiary/aromatic N) is 3. The van der Waals surface area contributed by atoms with Gasteiger partial charge in [-0.25, -0.2) is 9.37 Å². The van der Waals surface area contributed by atoms with Crippen LogP contribution < -0.4 is 10.1 Å². The lowest BCUT2D eigenvalue weighted by Gasteiger charge is -2.07. The minimum Gasteiger partial charge on any atom is -0.481 e. The number of pyridine rings is 1. The van der Waals surface area contributed by atoms with Gasteiger partial charge in [0.15, 0.2) is 0 Å². The SMILES string of the molecule is COc1ncccc1CNC(=O)CCc1nc(-c2ccc(F)cc2)no1. The Balaban J connectivity index is 1.51. The topological polar surface area (TPSA) is 90.1 Å². The van der Waals surface area contributed by atoms with E-state index in [1.165, 1.54) is 19.2 Å². The summed E-state index contributed by atoms with van der Waals surface area (Å²) in [5.74, 6) is 0.699. The number of hydrogen-bond donors (Lipinski definition) is 1. The number of aromatic nitrogens is 3. The summed E-state index contributed by atoms with van der Waals surface area (Å²) in [6.45, 7) is 0.320. The van der Waals surface area contributed by atoms with Crippen LogP contribution in [-0.4, -0.2) is 28.1 Å². The summed E-state index contributed by atoms with van der Waals surface area (Å²) in [4.78, 5) is 20.3. The first kappa shape index (κ1) is 17.5. The molecule has 0 aliphatic rings. The Morgan fingerprint density at radius 2 is 2.08 bits per heavy atom. The number of carbonyl (C=O) groups is 1. The van der Waals surface area contributed by atoms with E-state index in [2.05, 4.69) is 20.4 Å². The molecule has 8 heteroatoms. The molecule has 0 fully saturated rings. The standard InChI is InChI=1S/C18H17FN4O3/c1-25-18-13(3-2-10-20-18)11-21-15(24)8-9-16-22-17(23-26-16)12-4-6-14(19)7-5-12/h2-7,10H,8-9,11H2,1H3,(H,21,24). The van der Waals surface area contributed by atoms with E-state index in [0.717, 1.165) is 5.56 Å². The van der Waals surface area contributed by atoms with E-state index in [-0.39, 0.29) is 18.1 Å². The molecule has 0 radical (unpaired) electrons. The zero-order valence-electron chi connectivity index (χ0n) is 14.1. The fourth-order valence-electron chi connectivity index (χ4n) is 2.32. The van der Waals surface area contributed by atoms with Crippen molar-refractivity contribution in [3.8, 4) is 17.3 Å². The largest absolute Gasteiger partial charge is 0.481 e. The Hall–Kier alpha value is -3.29. The zero-order valence-corrected chi connectivity index (χ0v) is 14.1. The lowest BCUT2D eigenvalue weighted by molar-refractivity contribution is -0.121. The van der Waals surface area contributed by atoms with E-state index in [4.69, 9.17) is 9.26 Å². The number of amides is 1. The van der Waals surface area contributed by atoms with Crippen LogP contribution in [0, 0.1) is 5.82 Å². The van der Waals surface area contributed by atoms with Crippen LogP contribution in [-0.2, 0) is 17.8 Å². The highest BCUT2D eigenvalue weighted by molar-refractivity contribution is 5.76. The van der Waals surface area contributed by atoms with Gasteiger partial charge in [0.2, 0.25) is 23.5 Å². The molecule has 1 amide bonds. The van der Waals surface area contributed by atoms with Crippen molar-refractivity contribution in [3.05, 3.63) is 59.9 Å². The number of hydrogen-bond acceptors (Lipinski definition) is 6. The summed E-state index contributed by atoms with van der Waals surface area (Å²) < 4.78 is 23.2. The van der Waals surface area contributed by atoms with Crippen molar-refractivity contribution in [2.45, 2.75) is 19.4 Å². The van der Waals surface area contributed by atoms with Gasteiger partial charge in [-0.3, -0.25) is 4.79 Å². The average molecular weight is 356 g/mol. The number of aryl methyl sites for hydroxylation is 1. The zero-order chi connectivity index (χ0) is 18.4. The van der Waals surface area contributed by atoms with Crippen molar-refractivity contribution < 1.29 is 18.4 Å². The lowest BCUT2D eigenvalue weighted by atomic mass is 10.2. The van der Waals surface area contributed by atoms with Gasteiger partial charge < -0.3 is 14.6 Å². The van der Waals surface area contributed by atoms with Crippen LogP contribution in [0.5, 0.6) is 5.88 Å². The molecule has 134 valence electrons. The molecule has 0 saturated heterocycles. The molecule has 0 atom stereocenters. The molecule has 26 heavy (non-hydrogen) atoms. The second-order valence-electron chi connectivity index (χ2n) is 5.47. The van der Waals surface area contributed by atoms with Crippen LogP contribution in [0.2, 0.25) is 0 Å². The Kier molecular flexibility index (Phi) is 5.52. The highest BCUT2D eigenvalue weighted by Crippen LogP contribution is 2.17. The first-order valence-electron chi connectivity index (χ1n) is 7.99. The van der Waals surface area contributed by atoms with E-state index < -0.39 is 0 Å². The lowest BCUT2D eigenvalue weighted by Crippen LogP contribution is -2.23. The number of nitrogens with one attached hydrogen (secondary N) is 1. The molecule has 0 bridgehead atoms. The van der Waals surface area contributed by atoms with Crippen molar-refractivity contribution >= 4 is 5.91 Å². The summed E-state index contributed by atoms with van der Waals surface area (Å²) >= 11 is 0. The molecule has 0 aliphatic carbocycles. The van der Waals surface area contributed by atoms with E-state index in [1.54, 1.807) is 24.4 Å². The molecule has 0 saturated carbocycles. The van der Waals surface area contributed by atoms with Crippen LogP contribution in [0.3, 0.4) is 0 Å². The Labute approximate surface area is 149 Å². The fourth-order valence-corrected chi connectivity index (χ4v) is 2.32. The van der Waals surface area contributed by atoms with Crippen LogP contribution in [0.25, 0.3) is 11.4 Å². The summed E-state index contributed by atoms with van der Waals surface area (Å²) in [6.07, 6.45) is 2.14. The van der Waals surface area contributed by atoms with Gasteiger partial charge in [0.25, 0.3) is 0 Å². The number of methoxy groups -OCH3 is 1. The molecule has 7 nitrogen and oxygen atoms in total. The number of carbonyl (C=O) groups excluding carboxylic acids is 1. The minimum atomic E-state index is -0.334. The Bertz CT molecular complexity index is 880. The smallest absolute Gasteiger partial charge is 0.227 e. The van der Waals surface area contributed by atoms with Gasteiger partial charge >= 0.3 is 0 Å². The molecule has 1 N–H and O–H groups in total. The van der Waals surface area contributed by atoms with E-state index >= 15 is 0 Å². The van der Waals surface area contributed by atoms with Gasteiger partial charge in [0.05, 0.1) is 7.11 Å². The molecule has 2 aromatic heterocycles. The molecule has 3 aromatic rings. The van der Waals surface area contributed by atoms with Crippen molar-refractivity contribution in [3.63, 3.8) is 0 Å². The van der Waals surface area contributed by atoms with Crippen molar-refractivity contribution in [2.24, 2.45) is 0 Å². The third-order valence-corrected chi connectivity index (χ3v) is 3.66. The maximum absolute atomic E-state index is 12.9. The van der Waals surface area contributed by atoms with Crippen LogP contribution in [0.1, 0.15) is 17.9 Å². The van der Waals surface area contributed by atoms with Crippen molar-refractivity contribution in [1.82, 2.24) is 20.4 Å². The average Bonchev–Trinajstić information content (AvgIpc) is 3.14. The predicted molar refractivity (Wildman–Crippen MR) is 90.6 cm³/mol. The second kappa shape index (κ2) is 8.19. The summed E-state index contributed by atoms with van der Waals surface area (Å²) in [5, 5.41) is 6.64. The highest BCUT2D eigenvalue weighted by atomic mass is 19.1. The number of benzene rings is 1. The molecule has 0 aliphatic heterocycles. The van der Waals surface area contributed by atoms with E-state index in [9.17, 15) is 9.18 Å². The first-order valence-corrected chi connectivity index (χ1v) is 7.99. The van der Waals surface area contributed by atoms with Gasteiger partial charge in [0.1, 0.15) is 5.82 Å². The molecule has 1 aromatic carbocycles. The monoisotopic (exact) mass is 356 g/mol. The van der Waals surface area contributed by atoms with Gasteiger partial charge in [-0.1, -0.05) is 11.2 Å². The predicted octanol–water partition coefficient (Wildman–Crippen LogP) is 2.53. The maximum Gasteiger partial charge on any atom is 0.227 e. The summed E-state index contributed by atoms with van der Waals surface area (Å²) in [7, 11) is 1.53. The number of halogens is 1. The Morgan fingerprint density at radius 1 is 1.27 bits per heavy atom. The summed E-state index contributed by atoms with van der Waals surface area (Å²) in [6, 6.07) is 9.39. The molecular weight excluding hydrogens is 339 g/mol. The van der Waals surface area contributed by atoms with Crippen molar-refractivity contribution in [1.29, 1.82) is 0 Å². The first-order chi connectivity index (χ1) is 12.7. The van der Waals surface area contributed by atoms with Crippen LogP contribution in [0.4, 0.5) is 4.39 Å². The number of ether oxygens (including phenoxy) is 1. The summed E-state index contributed by atoms with van der Waals surface area (Å²) in [5.41, 5.74) is 1.44. The highest BCUT2D eigenvalue weighted by Gasteiger charge is 2.11. The third-order valence-electron chi connectivity index (χ3n) is 3.66. The van der Waals surface area contributed by atoms with E-state index in [0.29, 0.717) is 36.1 Å². The van der Waals surface area contributed by atoms with Gasteiger partial charge in [-0.2, -0.15) is 4.98 Å². The Morgan fingerprint density at radius 3 is 2.85 bits per heavy atom. The quantitative estimate of drug-likeness (QED) is 0.700. The molecule has 3 rings (SSSR count). The van der Waals surface area contributed by atoms with Crippen LogP contribution >= 0.6 is 0 Å². The molecule has 0 unspecified atom stereocenters. The van der Waals surface area contributed by atoms with Crippen molar-refractivity contribution in [2.75, 3.05) is 7.11 Å². The molecule has 2 heterocycles.